The topological polar surface area (TPSA) is 40.5 Å². The molecule has 3 heteroatoms. The summed E-state index contributed by atoms with van der Waals surface area (Å²) in [6.07, 6.45) is 0.886. The minimum absolute atomic E-state index is 0.0671. The molecule has 50 valence electrons. The summed E-state index contributed by atoms with van der Waals surface area (Å²) in [5, 5.41) is 18.0. The molecule has 0 heterocycles. The van der Waals surface area contributed by atoms with Crippen LogP contribution in [0.15, 0.2) is 23.3 Å². The van der Waals surface area contributed by atoms with E-state index in [9.17, 15) is 0 Å². The fourth-order valence-corrected chi connectivity index (χ4v) is 0.748. The molecule has 0 saturated heterocycles. The Morgan fingerprint density at radius 2 is 2.33 bits per heavy atom. The molecular weight excluding hydrogens is 140 g/mol. The molecule has 2 nitrogen and oxygen atoms in total. The van der Waals surface area contributed by atoms with Gasteiger partial charge in [-0.3, -0.25) is 0 Å². The molecule has 0 radical (unpaired) electrons. The zero-order valence-electron chi connectivity index (χ0n) is 5.58. The number of allylic oxidation sites excluding steroid dienone is 2. The predicted octanol–water partition coefficient (Wildman–Crippen LogP) is 0.401. The van der Waals surface area contributed by atoms with Gasteiger partial charge in [0.2, 0.25) is 0 Å². The molecule has 2 atom stereocenters. The van der Waals surface area contributed by atoms with E-state index in [1.807, 2.05) is 0 Å². The second kappa shape index (κ2) is 2.52. The highest BCUT2D eigenvalue weighted by Gasteiger charge is 2.18. The van der Waals surface area contributed by atoms with Gasteiger partial charge in [-0.05, 0) is 6.08 Å². The number of rotatable bonds is 0. The van der Waals surface area contributed by atoms with Crippen molar-refractivity contribution in [2.24, 2.45) is 0 Å². The Labute approximate surface area is 59.5 Å². The highest BCUT2D eigenvalue weighted by Crippen LogP contribution is 2.16. The Morgan fingerprint density at radius 3 is 2.78 bits per heavy atom. The average molecular weight is 148 g/mol. The molecule has 0 unspecified atom stereocenters. The van der Waals surface area contributed by atoms with Gasteiger partial charge >= 0.3 is 0 Å². The zero-order chi connectivity index (χ0) is 7.78. The third kappa shape index (κ3) is 1.33. The van der Waals surface area contributed by atoms with Gasteiger partial charge in [0, 0.05) is 5.03 Å². The number of halogens is 1. The largest absolute Gasteiger partial charge is 0.386 e. The number of hydrogen-bond acceptors (Lipinski definition) is 2. The maximum Gasteiger partial charge on any atom is 0.119 e. The molecular formula is C6H7ClO2. The van der Waals surface area contributed by atoms with Gasteiger partial charge in [-0.2, -0.15) is 0 Å². The standard InChI is InChI=1S/C6H7ClO2/c7-4-2-1-3-5(8)6(4)9/h1-3,5-6,8-9H/t5-,6+/m0/s1/i6D. The van der Waals surface area contributed by atoms with Crippen molar-refractivity contribution in [3.63, 3.8) is 0 Å². The van der Waals surface area contributed by atoms with E-state index < -0.39 is 12.2 Å². The second-order valence-corrected chi connectivity index (χ2v) is 2.14. The fraction of sp³-hybridized carbons (Fsp3) is 0.333. The summed E-state index contributed by atoms with van der Waals surface area (Å²) >= 11 is 5.42. The van der Waals surface area contributed by atoms with Crippen LogP contribution in [0.4, 0.5) is 0 Å². The van der Waals surface area contributed by atoms with E-state index in [1.54, 1.807) is 0 Å². The van der Waals surface area contributed by atoms with Gasteiger partial charge in [0.15, 0.2) is 0 Å². The van der Waals surface area contributed by atoms with Gasteiger partial charge in [0.05, 0.1) is 1.37 Å². The maximum atomic E-state index is 9.08. The van der Waals surface area contributed by atoms with Gasteiger partial charge in [0.25, 0.3) is 0 Å². The number of aliphatic hydroxyl groups is 2. The predicted molar refractivity (Wildman–Crippen MR) is 35.1 cm³/mol. The van der Waals surface area contributed by atoms with Crippen LogP contribution in [0.25, 0.3) is 0 Å². The van der Waals surface area contributed by atoms with Crippen molar-refractivity contribution in [2.45, 2.75) is 12.2 Å². The lowest BCUT2D eigenvalue weighted by atomic mass is 10.1. The minimum atomic E-state index is -2.06. The molecule has 1 rings (SSSR count). The summed E-state index contributed by atoms with van der Waals surface area (Å²) in [5.41, 5.74) is 0. The highest BCUT2D eigenvalue weighted by molar-refractivity contribution is 6.30. The van der Waals surface area contributed by atoms with Crippen molar-refractivity contribution >= 4 is 11.6 Å². The molecule has 0 fully saturated rings. The van der Waals surface area contributed by atoms with Gasteiger partial charge in [-0.1, -0.05) is 23.8 Å². The van der Waals surface area contributed by atoms with Crippen molar-refractivity contribution in [3.8, 4) is 0 Å². The maximum absolute atomic E-state index is 9.08. The van der Waals surface area contributed by atoms with E-state index in [0.29, 0.717) is 0 Å². The molecule has 9 heavy (non-hydrogen) atoms. The first kappa shape index (κ1) is 5.47. The SMILES string of the molecule is [2H][C@@]1(O)C(Cl)=CC=C[C@@H]1O. The van der Waals surface area contributed by atoms with Gasteiger partial charge in [-0.25, -0.2) is 0 Å². The fourth-order valence-electron chi connectivity index (χ4n) is 0.563. The van der Waals surface area contributed by atoms with Gasteiger partial charge < -0.3 is 10.2 Å². The van der Waals surface area contributed by atoms with E-state index in [4.69, 9.17) is 23.2 Å². The summed E-state index contributed by atoms with van der Waals surface area (Å²) in [7, 11) is 0. The molecule has 2 N–H and O–H groups in total. The molecule has 0 aromatic carbocycles. The Morgan fingerprint density at radius 1 is 1.67 bits per heavy atom. The Bertz CT molecular complexity index is 198. The van der Waals surface area contributed by atoms with Crippen LogP contribution in [0, 0.1) is 0 Å². The molecule has 0 aliphatic heterocycles. The first-order valence-electron chi connectivity index (χ1n) is 3.00. The Kier molecular flexibility index (Phi) is 1.53. The van der Waals surface area contributed by atoms with Crippen LogP contribution in [0.2, 0.25) is 0 Å². The van der Waals surface area contributed by atoms with Crippen LogP contribution < -0.4 is 0 Å². The molecule has 0 bridgehead atoms. The minimum Gasteiger partial charge on any atom is -0.386 e. The molecule has 0 aromatic rings. The third-order valence-electron chi connectivity index (χ3n) is 1.06. The average Bonchev–Trinajstić information content (AvgIpc) is 1.84. The van der Waals surface area contributed by atoms with Crippen LogP contribution in [0.5, 0.6) is 0 Å². The second-order valence-electron chi connectivity index (χ2n) is 1.73. The highest BCUT2D eigenvalue weighted by atomic mass is 35.5. The normalized spacial score (nSPS) is 44.1. The van der Waals surface area contributed by atoms with E-state index in [1.165, 1.54) is 18.2 Å². The van der Waals surface area contributed by atoms with Crippen molar-refractivity contribution in [2.75, 3.05) is 0 Å². The molecule has 0 saturated carbocycles. The van der Waals surface area contributed by atoms with Gasteiger partial charge in [-0.15, -0.1) is 0 Å². The van der Waals surface area contributed by atoms with Crippen molar-refractivity contribution in [1.82, 2.24) is 0 Å². The first-order valence-corrected chi connectivity index (χ1v) is 2.88. The van der Waals surface area contributed by atoms with E-state index in [-0.39, 0.29) is 5.03 Å². The van der Waals surface area contributed by atoms with E-state index >= 15 is 0 Å². The summed E-state index contributed by atoms with van der Waals surface area (Å²) in [5.74, 6) is 0. The van der Waals surface area contributed by atoms with Crippen molar-refractivity contribution in [3.05, 3.63) is 23.3 Å². The first-order chi connectivity index (χ1) is 4.55. The molecule has 0 spiro atoms. The quantitative estimate of drug-likeness (QED) is 0.521. The number of hydrogen-bond donors (Lipinski definition) is 2. The monoisotopic (exact) mass is 147 g/mol. The Hall–Kier alpha value is -0.310. The zero-order valence-corrected chi connectivity index (χ0v) is 5.34. The number of aliphatic hydroxyl groups excluding tert-OH is 1. The Balaban J connectivity index is 2.93. The van der Waals surface area contributed by atoms with Gasteiger partial charge in [0.1, 0.15) is 12.2 Å². The summed E-state index contributed by atoms with van der Waals surface area (Å²) < 4.78 is 7.09. The summed E-state index contributed by atoms with van der Waals surface area (Å²) in [4.78, 5) is 0. The third-order valence-corrected chi connectivity index (χ3v) is 1.38. The van der Waals surface area contributed by atoms with Crippen LogP contribution in [0.3, 0.4) is 0 Å². The summed E-state index contributed by atoms with van der Waals surface area (Å²) in [6, 6.07) is 0. The van der Waals surface area contributed by atoms with Crippen LogP contribution in [-0.4, -0.2) is 22.4 Å². The molecule has 0 amide bonds. The van der Waals surface area contributed by atoms with Crippen LogP contribution in [0.1, 0.15) is 1.37 Å². The van der Waals surface area contributed by atoms with Crippen molar-refractivity contribution < 1.29 is 11.6 Å². The molecule has 1 aliphatic carbocycles. The van der Waals surface area contributed by atoms with Crippen LogP contribution >= 0.6 is 11.6 Å². The van der Waals surface area contributed by atoms with E-state index in [0.717, 1.165) is 0 Å². The lowest BCUT2D eigenvalue weighted by Gasteiger charge is -2.15. The molecule has 0 aromatic heterocycles. The lowest BCUT2D eigenvalue weighted by Crippen LogP contribution is -2.25. The van der Waals surface area contributed by atoms with Crippen LogP contribution in [-0.2, 0) is 0 Å². The lowest BCUT2D eigenvalue weighted by molar-refractivity contribution is 0.0764. The molecule has 1 aliphatic rings. The van der Waals surface area contributed by atoms with Crippen molar-refractivity contribution in [1.29, 1.82) is 0 Å². The summed E-state index contributed by atoms with van der Waals surface area (Å²) in [6.45, 7) is 0. The van der Waals surface area contributed by atoms with E-state index in [2.05, 4.69) is 0 Å². The smallest absolute Gasteiger partial charge is 0.119 e.